The van der Waals surface area contributed by atoms with Crippen LogP contribution in [0.2, 0.25) is 0 Å². The van der Waals surface area contributed by atoms with E-state index in [4.69, 9.17) is 4.74 Å². The maximum Gasteiger partial charge on any atom is 0.132 e. The maximum absolute atomic E-state index is 13.5. The third-order valence-electron chi connectivity index (χ3n) is 3.02. The standard InChI is InChI=1S/C16H17F2NO/c1-11-6-7-16(12(8-11)9-19-2)20-10-13-14(17)4-3-5-15(13)18/h3-8,19H,9-10H2,1-2H3. The Hall–Kier alpha value is -1.94. The van der Waals surface area contributed by atoms with Gasteiger partial charge in [-0.15, -0.1) is 0 Å². The van der Waals surface area contributed by atoms with Crippen LogP contribution in [-0.2, 0) is 13.2 Å². The van der Waals surface area contributed by atoms with Crippen LogP contribution in [0.25, 0.3) is 0 Å². The second-order valence-electron chi connectivity index (χ2n) is 4.63. The molecule has 4 heteroatoms. The van der Waals surface area contributed by atoms with Crippen LogP contribution in [0.15, 0.2) is 36.4 Å². The molecule has 2 aromatic carbocycles. The SMILES string of the molecule is CNCc1cc(C)ccc1OCc1c(F)cccc1F. The van der Waals surface area contributed by atoms with Crippen LogP contribution >= 0.6 is 0 Å². The maximum atomic E-state index is 13.5. The van der Waals surface area contributed by atoms with Crippen LogP contribution < -0.4 is 10.1 Å². The predicted octanol–water partition coefficient (Wildman–Crippen LogP) is 3.57. The largest absolute Gasteiger partial charge is 0.488 e. The molecule has 106 valence electrons. The van der Waals surface area contributed by atoms with Crippen molar-refractivity contribution in [2.24, 2.45) is 0 Å². The van der Waals surface area contributed by atoms with Crippen molar-refractivity contribution < 1.29 is 13.5 Å². The molecule has 0 saturated carbocycles. The van der Waals surface area contributed by atoms with E-state index in [1.54, 1.807) is 0 Å². The van der Waals surface area contributed by atoms with E-state index in [9.17, 15) is 8.78 Å². The fourth-order valence-electron chi connectivity index (χ4n) is 2.00. The van der Waals surface area contributed by atoms with E-state index in [2.05, 4.69) is 5.32 Å². The van der Waals surface area contributed by atoms with Gasteiger partial charge in [-0.25, -0.2) is 8.78 Å². The fraction of sp³-hybridized carbons (Fsp3) is 0.250. The summed E-state index contributed by atoms with van der Waals surface area (Å²) < 4.78 is 32.6. The van der Waals surface area contributed by atoms with Crippen LogP contribution in [0.4, 0.5) is 8.78 Å². The highest BCUT2D eigenvalue weighted by atomic mass is 19.1. The highest BCUT2D eigenvalue weighted by Gasteiger charge is 2.10. The number of hydrogen-bond donors (Lipinski definition) is 1. The van der Waals surface area contributed by atoms with E-state index in [1.807, 2.05) is 32.2 Å². The van der Waals surface area contributed by atoms with E-state index in [0.29, 0.717) is 12.3 Å². The van der Waals surface area contributed by atoms with Gasteiger partial charge in [0, 0.05) is 12.1 Å². The van der Waals surface area contributed by atoms with Gasteiger partial charge in [0.15, 0.2) is 0 Å². The van der Waals surface area contributed by atoms with Gasteiger partial charge in [0.05, 0.1) is 5.56 Å². The van der Waals surface area contributed by atoms with Gasteiger partial charge >= 0.3 is 0 Å². The van der Waals surface area contributed by atoms with Gasteiger partial charge in [-0.05, 0) is 32.2 Å². The van der Waals surface area contributed by atoms with Crippen molar-refractivity contribution >= 4 is 0 Å². The Labute approximate surface area is 117 Å². The van der Waals surface area contributed by atoms with Crippen LogP contribution in [0.3, 0.4) is 0 Å². The molecule has 20 heavy (non-hydrogen) atoms. The zero-order valence-electron chi connectivity index (χ0n) is 11.5. The molecule has 0 aliphatic heterocycles. The van der Waals surface area contributed by atoms with Crippen LogP contribution in [0.1, 0.15) is 16.7 Å². The Morgan fingerprint density at radius 2 is 1.80 bits per heavy atom. The van der Waals surface area contributed by atoms with Crippen molar-refractivity contribution in [3.63, 3.8) is 0 Å². The minimum Gasteiger partial charge on any atom is -0.488 e. The molecule has 0 spiro atoms. The summed E-state index contributed by atoms with van der Waals surface area (Å²) in [6.07, 6.45) is 0. The van der Waals surface area contributed by atoms with Crippen LogP contribution in [0.5, 0.6) is 5.75 Å². The third-order valence-corrected chi connectivity index (χ3v) is 3.02. The summed E-state index contributed by atoms with van der Waals surface area (Å²) in [5, 5.41) is 3.04. The topological polar surface area (TPSA) is 21.3 Å². The molecule has 2 rings (SSSR count). The Morgan fingerprint density at radius 3 is 2.45 bits per heavy atom. The molecular formula is C16H17F2NO. The van der Waals surface area contributed by atoms with Crippen molar-refractivity contribution in [3.8, 4) is 5.75 Å². The van der Waals surface area contributed by atoms with E-state index in [1.165, 1.54) is 18.2 Å². The van der Waals surface area contributed by atoms with Gasteiger partial charge in [-0.1, -0.05) is 23.8 Å². The Balaban J connectivity index is 2.18. The second kappa shape index (κ2) is 6.48. The number of ether oxygens (including phenoxy) is 1. The van der Waals surface area contributed by atoms with Crippen molar-refractivity contribution in [2.45, 2.75) is 20.1 Å². The van der Waals surface area contributed by atoms with Crippen molar-refractivity contribution in [2.75, 3.05) is 7.05 Å². The molecule has 0 radical (unpaired) electrons. The van der Waals surface area contributed by atoms with Crippen LogP contribution in [0, 0.1) is 18.6 Å². The zero-order chi connectivity index (χ0) is 14.5. The molecule has 0 unspecified atom stereocenters. The Kier molecular flexibility index (Phi) is 4.69. The summed E-state index contributed by atoms with van der Waals surface area (Å²) in [4.78, 5) is 0. The first-order chi connectivity index (χ1) is 9.61. The first kappa shape index (κ1) is 14.5. The van der Waals surface area contributed by atoms with E-state index in [-0.39, 0.29) is 12.2 Å². The molecule has 0 aliphatic rings. The summed E-state index contributed by atoms with van der Waals surface area (Å²) in [6, 6.07) is 9.51. The minimum absolute atomic E-state index is 0.0523. The Bertz CT molecular complexity index is 579. The van der Waals surface area contributed by atoms with Gasteiger partial charge in [-0.3, -0.25) is 0 Å². The van der Waals surface area contributed by atoms with Gasteiger partial charge in [0.25, 0.3) is 0 Å². The van der Waals surface area contributed by atoms with Gasteiger partial charge < -0.3 is 10.1 Å². The molecule has 1 N–H and O–H groups in total. The molecular weight excluding hydrogens is 260 g/mol. The summed E-state index contributed by atoms with van der Waals surface area (Å²) in [6.45, 7) is 2.49. The molecule has 0 bridgehead atoms. The highest BCUT2D eigenvalue weighted by molar-refractivity contribution is 5.37. The first-order valence-electron chi connectivity index (χ1n) is 6.41. The van der Waals surface area contributed by atoms with Gasteiger partial charge in [0.1, 0.15) is 24.0 Å². The highest BCUT2D eigenvalue weighted by Crippen LogP contribution is 2.22. The molecule has 2 nitrogen and oxygen atoms in total. The summed E-state index contributed by atoms with van der Waals surface area (Å²) in [5.41, 5.74) is 2.02. The summed E-state index contributed by atoms with van der Waals surface area (Å²) >= 11 is 0. The Morgan fingerprint density at radius 1 is 1.10 bits per heavy atom. The number of nitrogens with one attached hydrogen (secondary N) is 1. The number of aryl methyl sites for hydroxylation is 1. The quantitative estimate of drug-likeness (QED) is 0.902. The molecule has 0 amide bonds. The summed E-state index contributed by atoms with van der Waals surface area (Å²) in [7, 11) is 1.84. The fourth-order valence-corrected chi connectivity index (χ4v) is 2.00. The number of benzene rings is 2. The van der Waals surface area contributed by atoms with Crippen molar-refractivity contribution in [1.29, 1.82) is 0 Å². The molecule has 0 aromatic heterocycles. The molecule has 0 aliphatic carbocycles. The van der Waals surface area contributed by atoms with E-state index < -0.39 is 11.6 Å². The smallest absolute Gasteiger partial charge is 0.132 e. The lowest BCUT2D eigenvalue weighted by molar-refractivity contribution is 0.289. The molecule has 0 heterocycles. The lowest BCUT2D eigenvalue weighted by Gasteiger charge is -2.13. The molecule has 0 atom stereocenters. The zero-order valence-corrected chi connectivity index (χ0v) is 11.5. The average Bonchev–Trinajstić information content (AvgIpc) is 2.40. The number of halogens is 2. The van der Waals surface area contributed by atoms with Crippen molar-refractivity contribution in [3.05, 3.63) is 64.7 Å². The minimum atomic E-state index is -0.590. The lowest BCUT2D eigenvalue weighted by Crippen LogP contribution is -2.09. The van der Waals surface area contributed by atoms with Crippen molar-refractivity contribution in [1.82, 2.24) is 5.32 Å². The van der Waals surface area contributed by atoms with Gasteiger partial charge in [-0.2, -0.15) is 0 Å². The second-order valence-corrected chi connectivity index (χ2v) is 4.63. The van der Waals surface area contributed by atoms with Crippen LogP contribution in [-0.4, -0.2) is 7.05 Å². The first-order valence-corrected chi connectivity index (χ1v) is 6.41. The summed E-state index contributed by atoms with van der Waals surface area (Å²) in [5.74, 6) is -0.549. The number of hydrogen-bond acceptors (Lipinski definition) is 2. The monoisotopic (exact) mass is 277 g/mol. The van der Waals surface area contributed by atoms with Gasteiger partial charge in [0.2, 0.25) is 0 Å². The molecule has 2 aromatic rings. The predicted molar refractivity (Wildman–Crippen MR) is 74.6 cm³/mol. The average molecular weight is 277 g/mol. The van der Waals surface area contributed by atoms with E-state index >= 15 is 0 Å². The molecule has 0 saturated heterocycles. The molecule has 0 fully saturated rings. The third kappa shape index (κ3) is 3.33. The number of rotatable bonds is 5. The van der Waals surface area contributed by atoms with E-state index in [0.717, 1.165) is 11.1 Å². The normalized spacial score (nSPS) is 10.6. The lowest BCUT2D eigenvalue weighted by atomic mass is 10.1.